The summed E-state index contributed by atoms with van der Waals surface area (Å²) >= 11 is 1.74. The Labute approximate surface area is 155 Å². The summed E-state index contributed by atoms with van der Waals surface area (Å²) in [6.07, 6.45) is 6.55. The van der Waals surface area contributed by atoms with Crippen LogP contribution < -0.4 is 5.32 Å². The first kappa shape index (κ1) is 18.2. The van der Waals surface area contributed by atoms with Gasteiger partial charge in [0.1, 0.15) is 0 Å². The molecule has 1 aliphatic heterocycles. The predicted molar refractivity (Wildman–Crippen MR) is 105 cm³/mol. The molecule has 2 heterocycles. The van der Waals surface area contributed by atoms with E-state index >= 15 is 0 Å². The number of amides is 1. The number of hydrogen-bond donors (Lipinski definition) is 1. The zero-order valence-corrected chi connectivity index (χ0v) is 15.6. The van der Waals surface area contributed by atoms with Crippen LogP contribution in [-0.4, -0.2) is 30.4 Å². The number of nitrogens with zero attached hydrogens (tertiary/aromatic N) is 1. The van der Waals surface area contributed by atoms with Gasteiger partial charge in [-0.05, 0) is 60.3 Å². The van der Waals surface area contributed by atoms with Gasteiger partial charge in [0.25, 0.3) is 0 Å². The summed E-state index contributed by atoms with van der Waals surface area (Å²) in [5, 5.41) is 7.55. The van der Waals surface area contributed by atoms with Crippen molar-refractivity contribution >= 4 is 17.2 Å². The molecule has 1 unspecified atom stereocenters. The van der Waals surface area contributed by atoms with Crippen LogP contribution in [0.3, 0.4) is 0 Å². The third-order valence-electron chi connectivity index (χ3n) is 4.99. The van der Waals surface area contributed by atoms with E-state index in [2.05, 4.69) is 39.2 Å². The lowest BCUT2D eigenvalue weighted by Crippen LogP contribution is -2.38. The SMILES string of the molecule is O=C(CCc1ccccc1)NCC(c1ccsc1)N1CCCCCC1. The summed E-state index contributed by atoms with van der Waals surface area (Å²) in [6.45, 7) is 2.99. The van der Waals surface area contributed by atoms with Crippen LogP contribution >= 0.6 is 11.3 Å². The Bertz CT molecular complexity index is 619. The standard InChI is InChI=1S/C21H28N2OS/c24-21(11-10-18-8-4-3-5-9-18)22-16-20(19-12-15-25-17-19)23-13-6-1-2-7-14-23/h3-5,8-9,12,15,17,20H,1-2,6-7,10-11,13-14,16H2,(H,22,24). The average Bonchev–Trinajstić information content (AvgIpc) is 3.04. The van der Waals surface area contributed by atoms with Crippen LogP contribution in [-0.2, 0) is 11.2 Å². The molecule has 1 fully saturated rings. The van der Waals surface area contributed by atoms with Gasteiger partial charge in [-0.2, -0.15) is 11.3 Å². The second-order valence-corrected chi connectivity index (χ2v) is 7.59. The van der Waals surface area contributed by atoms with Gasteiger partial charge >= 0.3 is 0 Å². The molecule has 4 heteroatoms. The van der Waals surface area contributed by atoms with E-state index in [-0.39, 0.29) is 5.91 Å². The van der Waals surface area contributed by atoms with Crippen molar-refractivity contribution in [3.8, 4) is 0 Å². The Morgan fingerprint density at radius 2 is 1.84 bits per heavy atom. The van der Waals surface area contributed by atoms with Crippen molar-refractivity contribution in [1.82, 2.24) is 10.2 Å². The number of nitrogens with one attached hydrogen (secondary N) is 1. The minimum Gasteiger partial charge on any atom is -0.354 e. The topological polar surface area (TPSA) is 32.3 Å². The first-order valence-corrected chi connectivity index (χ1v) is 10.3. The number of thiophene rings is 1. The smallest absolute Gasteiger partial charge is 0.220 e. The predicted octanol–water partition coefficient (Wildman–Crippen LogP) is 4.41. The zero-order chi connectivity index (χ0) is 17.3. The highest BCUT2D eigenvalue weighted by Crippen LogP contribution is 2.25. The molecule has 1 aliphatic rings. The van der Waals surface area contributed by atoms with Crippen LogP contribution in [0.4, 0.5) is 0 Å². The number of aryl methyl sites for hydroxylation is 1. The molecular formula is C21H28N2OS. The average molecular weight is 357 g/mol. The molecule has 3 nitrogen and oxygen atoms in total. The minimum absolute atomic E-state index is 0.152. The van der Waals surface area contributed by atoms with Crippen molar-refractivity contribution in [2.24, 2.45) is 0 Å². The van der Waals surface area contributed by atoms with Crippen LogP contribution in [0.15, 0.2) is 47.2 Å². The van der Waals surface area contributed by atoms with Crippen LogP contribution in [0.2, 0.25) is 0 Å². The van der Waals surface area contributed by atoms with Crippen molar-refractivity contribution in [3.05, 3.63) is 58.3 Å². The van der Waals surface area contributed by atoms with Gasteiger partial charge in [0.2, 0.25) is 5.91 Å². The second kappa shape index (κ2) is 9.73. The Morgan fingerprint density at radius 3 is 2.52 bits per heavy atom. The first-order chi connectivity index (χ1) is 12.3. The Morgan fingerprint density at radius 1 is 1.08 bits per heavy atom. The summed E-state index contributed by atoms with van der Waals surface area (Å²) in [7, 11) is 0. The maximum Gasteiger partial charge on any atom is 0.220 e. The number of benzene rings is 1. The summed E-state index contributed by atoms with van der Waals surface area (Å²) in [6, 6.07) is 12.7. The molecule has 1 aromatic carbocycles. The zero-order valence-electron chi connectivity index (χ0n) is 14.8. The van der Waals surface area contributed by atoms with Gasteiger partial charge in [-0.3, -0.25) is 9.69 Å². The highest BCUT2D eigenvalue weighted by molar-refractivity contribution is 7.07. The van der Waals surface area contributed by atoms with E-state index in [0.717, 1.165) is 19.5 Å². The van der Waals surface area contributed by atoms with E-state index in [0.29, 0.717) is 19.0 Å². The number of carbonyl (C=O) groups is 1. The molecular weight excluding hydrogens is 328 g/mol. The molecule has 2 aromatic rings. The van der Waals surface area contributed by atoms with Crippen LogP contribution in [0, 0.1) is 0 Å². The van der Waals surface area contributed by atoms with Crippen LogP contribution in [0.25, 0.3) is 0 Å². The summed E-state index contributed by atoms with van der Waals surface area (Å²) in [4.78, 5) is 14.9. The highest BCUT2D eigenvalue weighted by Gasteiger charge is 2.22. The van der Waals surface area contributed by atoms with Crippen LogP contribution in [0.5, 0.6) is 0 Å². The Kier molecular flexibility index (Phi) is 7.07. The molecule has 1 saturated heterocycles. The van der Waals surface area contributed by atoms with Gasteiger partial charge in [0, 0.05) is 13.0 Å². The maximum absolute atomic E-state index is 12.3. The fraction of sp³-hybridized carbons (Fsp3) is 0.476. The van der Waals surface area contributed by atoms with Gasteiger partial charge in [-0.1, -0.05) is 43.2 Å². The fourth-order valence-electron chi connectivity index (χ4n) is 3.53. The molecule has 1 amide bonds. The van der Waals surface area contributed by atoms with Crippen molar-refractivity contribution in [3.63, 3.8) is 0 Å². The van der Waals surface area contributed by atoms with E-state index in [1.807, 2.05) is 18.2 Å². The molecule has 3 rings (SSSR count). The molecule has 0 aliphatic carbocycles. The van der Waals surface area contributed by atoms with Gasteiger partial charge in [0.05, 0.1) is 6.04 Å². The first-order valence-electron chi connectivity index (χ1n) is 9.40. The third kappa shape index (κ3) is 5.68. The molecule has 0 saturated carbocycles. The van der Waals surface area contributed by atoms with Crippen LogP contribution in [0.1, 0.15) is 49.3 Å². The third-order valence-corrected chi connectivity index (χ3v) is 5.69. The molecule has 1 N–H and O–H groups in total. The lowest BCUT2D eigenvalue weighted by Gasteiger charge is -2.30. The van der Waals surface area contributed by atoms with Gasteiger partial charge in [0.15, 0.2) is 0 Å². The van der Waals surface area contributed by atoms with E-state index in [1.165, 1.54) is 36.8 Å². The molecule has 1 aromatic heterocycles. The monoisotopic (exact) mass is 356 g/mol. The van der Waals surface area contributed by atoms with Crippen molar-refractivity contribution < 1.29 is 4.79 Å². The fourth-order valence-corrected chi connectivity index (χ4v) is 4.24. The molecule has 134 valence electrons. The van der Waals surface area contributed by atoms with Crippen molar-refractivity contribution in [2.75, 3.05) is 19.6 Å². The van der Waals surface area contributed by atoms with E-state index in [4.69, 9.17) is 0 Å². The number of carbonyl (C=O) groups excluding carboxylic acids is 1. The molecule has 1 atom stereocenters. The van der Waals surface area contributed by atoms with E-state index in [1.54, 1.807) is 11.3 Å². The minimum atomic E-state index is 0.152. The number of likely N-dealkylation sites (tertiary alicyclic amines) is 1. The van der Waals surface area contributed by atoms with Gasteiger partial charge in [-0.15, -0.1) is 0 Å². The Hall–Kier alpha value is -1.65. The number of rotatable bonds is 7. The number of hydrogen-bond acceptors (Lipinski definition) is 3. The second-order valence-electron chi connectivity index (χ2n) is 6.81. The largest absolute Gasteiger partial charge is 0.354 e. The summed E-state index contributed by atoms with van der Waals surface area (Å²) in [5.41, 5.74) is 2.56. The van der Waals surface area contributed by atoms with Gasteiger partial charge < -0.3 is 5.32 Å². The highest BCUT2D eigenvalue weighted by atomic mass is 32.1. The summed E-state index contributed by atoms with van der Waals surface area (Å²) < 4.78 is 0. The molecule has 0 radical (unpaired) electrons. The van der Waals surface area contributed by atoms with E-state index < -0.39 is 0 Å². The molecule has 0 spiro atoms. The molecule has 25 heavy (non-hydrogen) atoms. The van der Waals surface area contributed by atoms with Crippen molar-refractivity contribution in [1.29, 1.82) is 0 Å². The Balaban J connectivity index is 1.54. The lowest BCUT2D eigenvalue weighted by molar-refractivity contribution is -0.121. The molecule has 0 bridgehead atoms. The van der Waals surface area contributed by atoms with Crippen molar-refractivity contribution in [2.45, 2.75) is 44.6 Å². The van der Waals surface area contributed by atoms with Gasteiger partial charge in [-0.25, -0.2) is 0 Å². The van der Waals surface area contributed by atoms with E-state index in [9.17, 15) is 4.79 Å². The quantitative estimate of drug-likeness (QED) is 0.797. The summed E-state index contributed by atoms with van der Waals surface area (Å²) in [5.74, 6) is 0.152. The normalized spacial score (nSPS) is 17.0. The maximum atomic E-state index is 12.3. The lowest BCUT2D eigenvalue weighted by atomic mass is 10.1.